The van der Waals surface area contributed by atoms with Gasteiger partial charge in [-0.2, -0.15) is 18.3 Å². The van der Waals surface area contributed by atoms with Gasteiger partial charge in [0, 0.05) is 26.8 Å². The highest BCUT2D eigenvalue weighted by molar-refractivity contribution is 5.95. The zero-order valence-electron chi connectivity index (χ0n) is 15.5. The lowest BCUT2D eigenvalue weighted by atomic mass is 10.1. The van der Waals surface area contributed by atoms with Crippen LogP contribution in [0.15, 0.2) is 18.3 Å². The highest BCUT2D eigenvalue weighted by atomic mass is 19.4. The molecule has 10 heteroatoms. The molecule has 0 N–H and O–H groups in total. The summed E-state index contributed by atoms with van der Waals surface area (Å²) in [6.45, 7) is 0.0295. The molecule has 0 aliphatic heterocycles. The van der Waals surface area contributed by atoms with E-state index in [1.54, 1.807) is 12.1 Å². The molecular formula is C17H20F3N3O4. The molecule has 0 fully saturated rings. The summed E-state index contributed by atoms with van der Waals surface area (Å²) in [4.78, 5) is 13.7. The number of aromatic nitrogens is 2. The van der Waals surface area contributed by atoms with E-state index >= 15 is 0 Å². The van der Waals surface area contributed by atoms with E-state index in [0.717, 1.165) is 15.8 Å². The van der Waals surface area contributed by atoms with Gasteiger partial charge in [-0.3, -0.25) is 9.48 Å². The Morgan fingerprint density at radius 3 is 2.15 bits per heavy atom. The molecule has 0 atom stereocenters. The minimum Gasteiger partial charge on any atom is -0.493 e. The number of hydrogen-bond acceptors (Lipinski definition) is 5. The van der Waals surface area contributed by atoms with E-state index in [0.29, 0.717) is 22.8 Å². The summed E-state index contributed by atoms with van der Waals surface area (Å²) in [5.74, 6) is 0.337. The van der Waals surface area contributed by atoms with Crippen LogP contribution in [0.3, 0.4) is 0 Å². The predicted molar refractivity (Wildman–Crippen MR) is 90.1 cm³/mol. The fourth-order valence-corrected chi connectivity index (χ4v) is 2.63. The molecule has 7 nitrogen and oxygen atoms in total. The minimum atomic E-state index is -4.72. The van der Waals surface area contributed by atoms with Gasteiger partial charge in [-0.05, 0) is 17.7 Å². The van der Waals surface area contributed by atoms with Crippen molar-refractivity contribution in [2.45, 2.75) is 12.7 Å². The Balaban J connectivity index is 2.33. The van der Waals surface area contributed by atoms with Crippen LogP contribution in [-0.2, 0) is 19.8 Å². The van der Waals surface area contributed by atoms with Crippen LogP contribution in [0, 0.1) is 0 Å². The third-order valence-corrected chi connectivity index (χ3v) is 3.82. The lowest BCUT2D eigenvalue weighted by Gasteiger charge is -2.19. The summed E-state index contributed by atoms with van der Waals surface area (Å²) in [7, 11) is 7.07. The zero-order chi connectivity index (χ0) is 20.4. The van der Waals surface area contributed by atoms with Gasteiger partial charge >= 0.3 is 6.18 Å². The molecule has 0 bridgehead atoms. The van der Waals surface area contributed by atoms with E-state index in [-0.39, 0.29) is 6.54 Å². The highest BCUT2D eigenvalue weighted by Crippen LogP contribution is 2.38. The Hall–Kier alpha value is -2.91. The first-order chi connectivity index (χ1) is 12.6. The number of nitrogens with zero attached hydrogens (tertiary/aromatic N) is 3. The van der Waals surface area contributed by atoms with Crippen LogP contribution in [0.1, 0.15) is 21.6 Å². The number of amides is 1. The summed E-state index contributed by atoms with van der Waals surface area (Å²) in [6, 6.07) is 3.25. The quantitative estimate of drug-likeness (QED) is 0.763. The number of hydrogen-bond donors (Lipinski definition) is 0. The van der Waals surface area contributed by atoms with Crippen molar-refractivity contribution in [2.75, 3.05) is 28.4 Å². The summed E-state index contributed by atoms with van der Waals surface area (Å²) >= 11 is 0. The van der Waals surface area contributed by atoms with Gasteiger partial charge in [-0.1, -0.05) is 0 Å². The van der Waals surface area contributed by atoms with Crippen LogP contribution in [0.25, 0.3) is 0 Å². The molecule has 148 valence electrons. The third kappa shape index (κ3) is 4.26. The molecule has 2 aromatic rings. The fourth-order valence-electron chi connectivity index (χ4n) is 2.63. The van der Waals surface area contributed by atoms with E-state index in [2.05, 4.69) is 5.10 Å². The summed E-state index contributed by atoms with van der Waals surface area (Å²) in [6.07, 6.45) is -3.67. The monoisotopic (exact) mass is 387 g/mol. The van der Waals surface area contributed by atoms with Crippen LogP contribution < -0.4 is 14.2 Å². The molecule has 0 aliphatic carbocycles. The molecule has 0 aliphatic rings. The number of methoxy groups -OCH3 is 3. The number of benzene rings is 1. The molecule has 1 amide bonds. The SMILES string of the molecule is COc1cc(CN(C)C(=O)c2cn(C)nc2C(F)(F)F)cc(OC)c1OC. The van der Waals surface area contributed by atoms with Crippen LogP contribution in [-0.4, -0.2) is 49.0 Å². The van der Waals surface area contributed by atoms with E-state index < -0.39 is 23.3 Å². The van der Waals surface area contributed by atoms with Crippen molar-refractivity contribution in [1.82, 2.24) is 14.7 Å². The highest BCUT2D eigenvalue weighted by Gasteiger charge is 2.39. The van der Waals surface area contributed by atoms with Gasteiger partial charge in [-0.15, -0.1) is 0 Å². The maximum absolute atomic E-state index is 13.1. The number of alkyl halides is 3. The average Bonchev–Trinajstić information content (AvgIpc) is 3.02. The second-order valence-electron chi connectivity index (χ2n) is 5.76. The van der Waals surface area contributed by atoms with Crippen LogP contribution in [0.2, 0.25) is 0 Å². The number of rotatable bonds is 6. The van der Waals surface area contributed by atoms with Crippen LogP contribution in [0.5, 0.6) is 17.2 Å². The third-order valence-electron chi connectivity index (χ3n) is 3.82. The van der Waals surface area contributed by atoms with Crippen molar-refractivity contribution in [1.29, 1.82) is 0 Å². The lowest BCUT2D eigenvalue weighted by molar-refractivity contribution is -0.141. The fraction of sp³-hybridized carbons (Fsp3) is 0.412. The second kappa shape index (κ2) is 7.77. The minimum absolute atomic E-state index is 0.0295. The van der Waals surface area contributed by atoms with E-state index in [9.17, 15) is 18.0 Å². The maximum Gasteiger partial charge on any atom is 0.435 e. The molecule has 0 unspecified atom stereocenters. The van der Waals surface area contributed by atoms with Crippen molar-refractivity contribution < 1.29 is 32.2 Å². The van der Waals surface area contributed by atoms with Gasteiger partial charge in [0.2, 0.25) is 5.75 Å². The predicted octanol–water partition coefficient (Wildman–Crippen LogP) is 2.74. The Morgan fingerprint density at radius 1 is 1.15 bits per heavy atom. The van der Waals surface area contributed by atoms with Gasteiger partial charge in [0.1, 0.15) is 0 Å². The maximum atomic E-state index is 13.1. The molecular weight excluding hydrogens is 367 g/mol. The Morgan fingerprint density at radius 2 is 1.70 bits per heavy atom. The standard InChI is InChI=1S/C17H20F3N3O4/c1-22(16(24)11-9-23(2)21-15(11)17(18,19)20)8-10-6-12(25-3)14(27-5)13(7-10)26-4/h6-7,9H,8H2,1-5H3. The van der Waals surface area contributed by atoms with Gasteiger partial charge < -0.3 is 19.1 Å². The number of carbonyl (C=O) groups is 1. The smallest absolute Gasteiger partial charge is 0.435 e. The van der Waals surface area contributed by atoms with E-state index in [4.69, 9.17) is 14.2 Å². The normalized spacial score (nSPS) is 11.3. The second-order valence-corrected chi connectivity index (χ2v) is 5.76. The first-order valence-electron chi connectivity index (χ1n) is 7.77. The molecule has 2 rings (SSSR count). The summed E-state index contributed by atoms with van der Waals surface area (Å²) in [5.41, 5.74) is -1.13. The van der Waals surface area contributed by atoms with Gasteiger partial charge in [-0.25, -0.2) is 0 Å². The molecule has 0 spiro atoms. The van der Waals surface area contributed by atoms with Crippen molar-refractivity contribution >= 4 is 5.91 Å². The Labute approximate surface area is 154 Å². The molecule has 1 heterocycles. The largest absolute Gasteiger partial charge is 0.493 e. The summed E-state index contributed by atoms with van der Waals surface area (Å²) in [5, 5.41) is 3.36. The Kier molecular flexibility index (Phi) is 5.87. The zero-order valence-corrected chi connectivity index (χ0v) is 15.5. The van der Waals surface area contributed by atoms with Crippen molar-refractivity contribution in [3.63, 3.8) is 0 Å². The first-order valence-corrected chi connectivity index (χ1v) is 7.77. The number of aryl methyl sites for hydroxylation is 1. The molecule has 1 aromatic carbocycles. The average molecular weight is 387 g/mol. The first kappa shape index (κ1) is 20.4. The van der Waals surface area contributed by atoms with Gasteiger partial charge in [0.05, 0.1) is 26.9 Å². The molecule has 0 saturated heterocycles. The number of halogens is 3. The number of carbonyl (C=O) groups excluding carboxylic acids is 1. The topological polar surface area (TPSA) is 65.8 Å². The van der Waals surface area contributed by atoms with Crippen molar-refractivity contribution in [3.8, 4) is 17.2 Å². The number of ether oxygens (including phenoxy) is 3. The van der Waals surface area contributed by atoms with Gasteiger partial charge in [0.15, 0.2) is 17.2 Å². The van der Waals surface area contributed by atoms with Crippen LogP contribution in [0.4, 0.5) is 13.2 Å². The molecule has 0 saturated carbocycles. The molecule has 27 heavy (non-hydrogen) atoms. The lowest BCUT2D eigenvalue weighted by Crippen LogP contribution is -2.28. The van der Waals surface area contributed by atoms with Crippen molar-refractivity contribution in [3.05, 3.63) is 35.2 Å². The van der Waals surface area contributed by atoms with E-state index in [1.165, 1.54) is 35.4 Å². The van der Waals surface area contributed by atoms with Crippen molar-refractivity contribution in [2.24, 2.45) is 7.05 Å². The Bertz CT molecular complexity index is 808. The molecule has 1 aromatic heterocycles. The molecule has 0 radical (unpaired) electrons. The van der Waals surface area contributed by atoms with Gasteiger partial charge in [0.25, 0.3) is 5.91 Å². The van der Waals surface area contributed by atoms with Crippen LogP contribution >= 0.6 is 0 Å². The summed E-state index contributed by atoms with van der Waals surface area (Å²) < 4.78 is 56.0. The van der Waals surface area contributed by atoms with E-state index in [1.807, 2.05) is 0 Å².